The van der Waals surface area contributed by atoms with E-state index in [1.54, 1.807) is 0 Å². The summed E-state index contributed by atoms with van der Waals surface area (Å²) in [6.07, 6.45) is 0. The molecule has 0 saturated heterocycles. The van der Waals surface area contributed by atoms with Crippen LogP contribution in [0, 0.1) is 20.8 Å². The quantitative estimate of drug-likeness (QED) is 0.818. The average Bonchev–Trinajstić information content (AvgIpc) is 2.22. The van der Waals surface area contributed by atoms with Crippen molar-refractivity contribution in [1.82, 2.24) is 5.32 Å². The zero-order valence-electron chi connectivity index (χ0n) is 10.9. The molecule has 0 spiro atoms. The largest absolute Gasteiger partial charge is 0.402 e. The van der Waals surface area contributed by atoms with Gasteiger partial charge in [-0.15, -0.1) is 0 Å². The zero-order chi connectivity index (χ0) is 12.3. The molecule has 16 heavy (non-hydrogen) atoms. The van der Waals surface area contributed by atoms with Crippen molar-refractivity contribution in [1.29, 1.82) is 0 Å². The van der Waals surface area contributed by atoms with Gasteiger partial charge in [0.15, 0.2) is 0 Å². The summed E-state index contributed by atoms with van der Waals surface area (Å²) in [5, 5.41) is 3.18. The number of likely N-dealkylation sites (N-methyl/N-ethyl adjacent to an activating group) is 1. The summed E-state index contributed by atoms with van der Waals surface area (Å²) in [7, 11) is 1.95. The van der Waals surface area contributed by atoms with E-state index in [0.717, 1.165) is 12.2 Å². The van der Waals surface area contributed by atoms with E-state index in [9.17, 15) is 0 Å². The van der Waals surface area contributed by atoms with Crippen LogP contribution in [0.4, 0.5) is 0 Å². The maximum absolute atomic E-state index is 5.98. The summed E-state index contributed by atoms with van der Waals surface area (Å²) < 4.78 is 0. The van der Waals surface area contributed by atoms with E-state index < -0.39 is 0 Å². The summed E-state index contributed by atoms with van der Waals surface area (Å²) >= 11 is 0. The molecule has 0 unspecified atom stereocenters. The number of hydrogen-bond acceptors (Lipinski definition) is 2. The normalized spacial score (nSPS) is 12.6. The smallest absolute Gasteiger partial charge is 0.0225 e. The Hall–Kier alpha value is -1.28. The fourth-order valence-electron chi connectivity index (χ4n) is 2.02. The number of allylic oxidation sites excluding steroid dienone is 1. The summed E-state index contributed by atoms with van der Waals surface area (Å²) in [6, 6.07) is 4.33. The highest BCUT2D eigenvalue weighted by Crippen LogP contribution is 2.26. The molecule has 2 heteroatoms. The van der Waals surface area contributed by atoms with Gasteiger partial charge in [0.1, 0.15) is 0 Å². The highest BCUT2D eigenvalue weighted by molar-refractivity contribution is 5.74. The van der Waals surface area contributed by atoms with E-state index in [1.165, 1.54) is 27.8 Å². The number of nitrogens with one attached hydrogen (secondary N) is 1. The number of nitrogens with two attached hydrogens (primary N) is 1. The van der Waals surface area contributed by atoms with Gasteiger partial charge in [0.05, 0.1) is 0 Å². The second-order valence-electron chi connectivity index (χ2n) is 4.39. The first-order valence-corrected chi connectivity index (χ1v) is 5.66. The average molecular weight is 218 g/mol. The molecule has 0 fully saturated rings. The zero-order valence-corrected chi connectivity index (χ0v) is 10.9. The first kappa shape index (κ1) is 12.8. The summed E-state index contributed by atoms with van der Waals surface area (Å²) in [6.45, 7) is 9.22. The van der Waals surface area contributed by atoms with Crippen LogP contribution in [0.15, 0.2) is 17.8 Å². The Morgan fingerprint density at radius 2 is 1.75 bits per heavy atom. The number of benzene rings is 1. The van der Waals surface area contributed by atoms with Crippen LogP contribution < -0.4 is 11.1 Å². The molecule has 0 aliphatic heterocycles. The lowest BCUT2D eigenvalue weighted by Gasteiger charge is -2.17. The summed E-state index contributed by atoms with van der Waals surface area (Å²) in [5.41, 5.74) is 13.3. The second kappa shape index (κ2) is 5.17. The molecule has 2 nitrogen and oxygen atoms in total. The van der Waals surface area contributed by atoms with Crippen LogP contribution in [-0.2, 0) is 0 Å². The van der Waals surface area contributed by atoms with Crippen LogP contribution in [0.25, 0.3) is 5.57 Å². The van der Waals surface area contributed by atoms with Crippen molar-refractivity contribution in [2.24, 2.45) is 5.73 Å². The minimum absolute atomic E-state index is 0.813. The third-order valence-electron chi connectivity index (χ3n) is 3.08. The molecule has 3 N–H and O–H groups in total. The van der Waals surface area contributed by atoms with Gasteiger partial charge in [0.2, 0.25) is 0 Å². The summed E-state index contributed by atoms with van der Waals surface area (Å²) in [5.74, 6) is 0. The molecule has 88 valence electrons. The van der Waals surface area contributed by atoms with Crippen LogP contribution in [0.3, 0.4) is 0 Å². The minimum Gasteiger partial charge on any atom is -0.402 e. The van der Waals surface area contributed by atoms with Gasteiger partial charge in [-0.25, -0.2) is 0 Å². The lowest BCUT2D eigenvalue weighted by atomic mass is 9.91. The molecule has 0 amide bonds. The first-order chi connectivity index (χ1) is 7.49. The van der Waals surface area contributed by atoms with E-state index >= 15 is 0 Å². The number of rotatable bonds is 3. The van der Waals surface area contributed by atoms with Gasteiger partial charge in [0, 0.05) is 12.2 Å². The van der Waals surface area contributed by atoms with Gasteiger partial charge in [0.25, 0.3) is 0 Å². The molecule has 0 atom stereocenters. The molecular weight excluding hydrogens is 196 g/mol. The van der Waals surface area contributed by atoms with E-state index in [0.29, 0.717) is 0 Å². The van der Waals surface area contributed by atoms with Gasteiger partial charge >= 0.3 is 0 Å². The molecule has 1 rings (SSSR count). The first-order valence-electron chi connectivity index (χ1n) is 5.66. The second-order valence-corrected chi connectivity index (χ2v) is 4.39. The maximum atomic E-state index is 5.98. The fourth-order valence-corrected chi connectivity index (χ4v) is 2.02. The van der Waals surface area contributed by atoms with Crippen molar-refractivity contribution in [3.63, 3.8) is 0 Å². The lowest BCUT2D eigenvalue weighted by Crippen LogP contribution is -2.15. The maximum Gasteiger partial charge on any atom is 0.0225 e. The molecule has 0 bridgehead atoms. The van der Waals surface area contributed by atoms with Crippen molar-refractivity contribution in [3.05, 3.63) is 40.1 Å². The topological polar surface area (TPSA) is 38.0 Å². The summed E-state index contributed by atoms with van der Waals surface area (Å²) in [4.78, 5) is 0. The van der Waals surface area contributed by atoms with Crippen LogP contribution in [0.5, 0.6) is 0 Å². The Kier molecular flexibility index (Phi) is 4.13. The monoisotopic (exact) mass is 218 g/mol. The predicted molar refractivity (Wildman–Crippen MR) is 71.4 cm³/mol. The molecule has 0 aliphatic carbocycles. The van der Waals surface area contributed by atoms with Gasteiger partial charge in [-0.1, -0.05) is 12.1 Å². The standard InChI is InChI=1S/C14H22N2/c1-9-6-7-10(2)14(11(9)3)13(8-16-5)12(4)15/h6-7,16H,8,15H2,1-5H3/b13-12+. The highest BCUT2D eigenvalue weighted by Gasteiger charge is 2.11. The highest BCUT2D eigenvalue weighted by atomic mass is 14.8. The van der Waals surface area contributed by atoms with Crippen LogP contribution >= 0.6 is 0 Å². The minimum atomic E-state index is 0.813. The molecule has 0 aromatic heterocycles. The van der Waals surface area contributed by atoms with Crippen molar-refractivity contribution >= 4 is 5.57 Å². The third kappa shape index (κ3) is 2.45. The van der Waals surface area contributed by atoms with Crippen LogP contribution in [0.2, 0.25) is 0 Å². The lowest BCUT2D eigenvalue weighted by molar-refractivity contribution is 0.921. The Balaban J connectivity index is 3.41. The Bertz CT molecular complexity index is 413. The Labute approximate surface area is 98.6 Å². The fraction of sp³-hybridized carbons (Fsp3) is 0.429. The van der Waals surface area contributed by atoms with Crippen molar-refractivity contribution < 1.29 is 0 Å². The Morgan fingerprint density at radius 3 is 2.25 bits per heavy atom. The molecule has 0 saturated carbocycles. The molecular formula is C14H22N2. The number of aryl methyl sites for hydroxylation is 2. The molecule has 1 aromatic rings. The molecule has 1 aromatic carbocycles. The van der Waals surface area contributed by atoms with E-state index in [1.807, 2.05) is 14.0 Å². The Morgan fingerprint density at radius 1 is 1.19 bits per heavy atom. The number of hydrogen-bond donors (Lipinski definition) is 2. The molecule has 0 radical (unpaired) electrons. The molecule has 0 aliphatic rings. The van der Waals surface area contributed by atoms with Crippen molar-refractivity contribution in [3.8, 4) is 0 Å². The van der Waals surface area contributed by atoms with Crippen LogP contribution in [-0.4, -0.2) is 13.6 Å². The van der Waals surface area contributed by atoms with Gasteiger partial charge in [-0.3, -0.25) is 0 Å². The van der Waals surface area contributed by atoms with Crippen LogP contribution in [0.1, 0.15) is 29.2 Å². The molecule has 0 heterocycles. The van der Waals surface area contributed by atoms with Crippen molar-refractivity contribution in [2.45, 2.75) is 27.7 Å². The van der Waals surface area contributed by atoms with Crippen molar-refractivity contribution in [2.75, 3.05) is 13.6 Å². The van der Waals surface area contributed by atoms with Gasteiger partial charge in [-0.05, 0) is 62.6 Å². The SMILES string of the molecule is CNC/C(=C(/C)N)c1c(C)ccc(C)c1C. The third-order valence-corrected chi connectivity index (χ3v) is 3.08. The van der Waals surface area contributed by atoms with E-state index in [2.05, 4.69) is 38.2 Å². The van der Waals surface area contributed by atoms with E-state index in [-0.39, 0.29) is 0 Å². The van der Waals surface area contributed by atoms with Gasteiger partial charge < -0.3 is 11.1 Å². The predicted octanol–water partition coefficient (Wildman–Crippen LogP) is 2.52. The van der Waals surface area contributed by atoms with Gasteiger partial charge in [-0.2, -0.15) is 0 Å². The van der Waals surface area contributed by atoms with E-state index in [4.69, 9.17) is 5.73 Å².